The van der Waals surface area contributed by atoms with Crippen LogP contribution in [0.4, 0.5) is 5.82 Å². The van der Waals surface area contributed by atoms with E-state index in [4.69, 9.17) is 5.73 Å². The summed E-state index contributed by atoms with van der Waals surface area (Å²) in [6.45, 7) is 0. The van der Waals surface area contributed by atoms with Gasteiger partial charge in [-0.15, -0.1) is 0 Å². The van der Waals surface area contributed by atoms with Gasteiger partial charge in [0.2, 0.25) is 0 Å². The van der Waals surface area contributed by atoms with Crippen LogP contribution in [0.2, 0.25) is 0 Å². The van der Waals surface area contributed by atoms with Crippen LogP contribution in [0, 0.1) is 0 Å². The summed E-state index contributed by atoms with van der Waals surface area (Å²) in [5.41, 5.74) is 7.69. The van der Waals surface area contributed by atoms with Gasteiger partial charge in [0, 0.05) is 0 Å². The molecule has 0 bridgehead atoms. The lowest BCUT2D eigenvalue weighted by atomic mass is 10.3. The molecule has 0 atom stereocenters. The number of anilines is 1. The molecule has 0 radical (unpaired) electrons. The molecule has 2 heterocycles. The number of aromatic amines is 1. The SMILES string of the molecule is Nc1c(-c2ncn[nH]2)cnn1-c1ccccc1. The van der Waals surface area contributed by atoms with Gasteiger partial charge in [0.05, 0.1) is 17.4 Å². The monoisotopic (exact) mass is 226 g/mol. The van der Waals surface area contributed by atoms with Crippen LogP contribution in [0.15, 0.2) is 42.9 Å². The fraction of sp³-hybridized carbons (Fsp3) is 0. The number of rotatable bonds is 2. The van der Waals surface area contributed by atoms with E-state index in [0.717, 1.165) is 11.3 Å². The Bertz CT molecular complexity index is 611. The van der Waals surface area contributed by atoms with Crippen molar-refractivity contribution in [3.8, 4) is 17.1 Å². The van der Waals surface area contributed by atoms with Gasteiger partial charge in [0.15, 0.2) is 5.82 Å². The van der Waals surface area contributed by atoms with E-state index in [0.29, 0.717) is 11.6 Å². The first kappa shape index (κ1) is 9.59. The van der Waals surface area contributed by atoms with Crippen molar-refractivity contribution in [3.05, 3.63) is 42.9 Å². The Hall–Kier alpha value is -2.63. The zero-order valence-corrected chi connectivity index (χ0v) is 8.91. The summed E-state index contributed by atoms with van der Waals surface area (Å²) in [6, 6.07) is 9.69. The van der Waals surface area contributed by atoms with Crippen molar-refractivity contribution in [3.63, 3.8) is 0 Å². The minimum Gasteiger partial charge on any atom is -0.383 e. The first-order valence-corrected chi connectivity index (χ1v) is 5.11. The molecule has 84 valence electrons. The molecule has 1 aromatic carbocycles. The molecule has 6 heteroatoms. The molecule has 17 heavy (non-hydrogen) atoms. The minimum absolute atomic E-state index is 0.535. The second-order valence-electron chi connectivity index (χ2n) is 3.52. The summed E-state index contributed by atoms with van der Waals surface area (Å²) >= 11 is 0. The largest absolute Gasteiger partial charge is 0.383 e. The Morgan fingerprint density at radius 1 is 1.18 bits per heavy atom. The van der Waals surface area contributed by atoms with E-state index in [1.54, 1.807) is 10.9 Å². The number of benzene rings is 1. The van der Waals surface area contributed by atoms with Crippen molar-refractivity contribution in [2.75, 3.05) is 5.73 Å². The van der Waals surface area contributed by atoms with Crippen LogP contribution in [0.5, 0.6) is 0 Å². The number of H-pyrrole nitrogens is 1. The molecule has 0 aliphatic rings. The Kier molecular flexibility index (Phi) is 2.11. The molecule has 0 spiro atoms. The van der Waals surface area contributed by atoms with Crippen molar-refractivity contribution < 1.29 is 0 Å². The standard InChI is InChI=1S/C11H10N6/c12-10-9(11-13-7-14-16-11)6-15-17(10)8-4-2-1-3-5-8/h1-7H,12H2,(H,13,14,16). The molecule has 6 nitrogen and oxygen atoms in total. The highest BCUT2D eigenvalue weighted by Crippen LogP contribution is 2.23. The molecule has 3 rings (SSSR count). The van der Waals surface area contributed by atoms with Gasteiger partial charge in [-0.25, -0.2) is 9.67 Å². The first-order valence-electron chi connectivity index (χ1n) is 5.11. The van der Waals surface area contributed by atoms with Crippen molar-refractivity contribution in [1.29, 1.82) is 0 Å². The topological polar surface area (TPSA) is 85.4 Å². The van der Waals surface area contributed by atoms with E-state index in [2.05, 4.69) is 20.3 Å². The van der Waals surface area contributed by atoms with Crippen molar-refractivity contribution in [1.82, 2.24) is 25.0 Å². The number of hydrogen-bond acceptors (Lipinski definition) is 4. The van der Waals surface area contributed by atoms with Crippen LogP contribution in [-0.2, 0) is 0 Å². The highest BCUT2D eigenvalue weighted by Gasteiger charge is 2.12. The second-order valence-corrected chi connectivity index (χ2v) is 3.52. The molecule has 0 fully saturated rings. The van der Waals surface area contributed by atoms with Gasteiger partial charge in [0.25, 0.3) is 0 Å². The maximum atomic E-state index is 6.04. The number of para-hydroxylation sites is 1. The van der Waals surface area contributed by atoms with Gasteiger partial charge in [-0.2, -0.15) is 10.2 Å². The number of nitrogens with two attached hydrogens (primary N) is 1. The highest BCUT2D eigenvalue weighted by molar-refractivity contribution is 5.69. The van der Waals surface area contributed by atoms with E-state index in [1.807, 2.05) is 30.3 Å². The fourth-order valence-electron chi connectivity index (χ4n) is 1.65. The van der Waals surface area contributed by atoms with Crippen LogP contribution >= 0.6 is 0 Å². The average Bonchev–Trinajstić information content (AvgIpc) is 2.99. The smallest absolute Gasteiger partial charge is 0.160 e. The highest BCUT2D eigenvalue weighted by atomic mass is 15.3. The minimum atomic E-state index is 0.535. The summed E-state index contributed by atoms with van der Waals surface area (Å²) in [7, 11) is 0. The van der Waals surface area contributed by atoms with E-state index in [1.165, 1.54) is 6.33 Å². The molecule has 0 aliphatic heterocycles. The Labute approximate surface area is 97.1 Å². The molecular weight excluding hydrogens is 216 g/mol. The third kappa shape index (κ3) is 1.55. The predicted octanol–water partition coefficient (Wildman–Crippen LogP) is 1.24. The molecule has 3 N–H and O–H groups in total. The van der Waals surface area contributed by atoms with Crippen LogP contribution < -0.4 is 5.73 Å². The molecule has 0 unspecified atom stereocenters. The quantitative estimate of drug-likeness (QED) is 0.688. The summed E-state index contributed by atoms with van der Waals surface area (Å²) in [6.07, 6.45) is 3.11. The first-order chi connectivity index (χ1) is 8.36. The van der Waals surface area contributed by atoms with Gasteiger partial charge in [-0.05, 0) is 12.1 Å². The molecule has 3 aromatic rings. The summed E-state index contributed by atoms with van der Waals surface area (Å²) in [5, 5.41) is 10.8. The third-order valence-corrected chi connectivity index (χ3v) is 2.48. The third-order valence-electron chi connectivity index (χ3n) is 2.48. The number of hydrogen-bond donors (Lipinski definition) is 2. The fourth-order valence-corrected chi connectivity index (χ4v) is 1.65. The van der Waals surface area contributed by atoms with E-state index in [9.17, 15) is 0 Å². The van der Waals surface area contributed by atoms with Crippen LogP contribution in [0.3, 0.4) is 0 Å². The van der Waals surface area contributed by atoms with Gasteiger partial charge in [-0.3, -0.25) is 5.10 Å². The maximum absolute atomic E-state index is 6.04. The number of nitrogens with one attached hydrogen (secondary N) is 1. The molecule has 2 aromatic heterocycles. The Morgan fingerprint density at radius 3 is 2.71 bits per heavy atom. The van der Waals surface area contributed by atoms with Gasteiger partial charge in [0.1, 0.15) is 12.1 Å². The lowest BCUT2D eigenvalue weighted by Crippen LogP contribution is -2.02. The van der Waals surface area contributed by atoms with Crippen LogP contribution in [0.1, 0.15) is 0 Å². The van der Waals surface area contributed by atoms with E-state index >= 15 is 0 Å². The molecule has 0 aliphatic carbocycles. The van der Waals surface area contributed by atoms with Gasteiger partial charge >= 0.3 is 0 Å². The predicted molar refractivity (Wildman–Crippen MR) is 63.4 cm³/mol. The lowest BCUT2D eigenvalue weighted by Gasteiger charge is -2.03. The zero-order valence-electron chi connectivity index (χ0n) is 8.91. The number of nitrogens with zero attached hydrogens (tertiary/aromatic N) is 4. The average molecular weight is 226 g/mol. The van der Waals surface area contributed by atoms with E-state index < -0.39 is 0 Å². The van der Waals surface area contributed by atoms with Crippen molar-refractivity contribution >= 4 is 5.82 Å². The molecule has 0 amide bonds. The van der Waals surface area contributed by atoms with Crippen LogP contribution in [-0.4, -0.2) is 25.0 Å². The second kappa shape index (κ2) is 3.75. The van der Waals surface area contributed by atoms with Crippen LogP contribution in [0.25, 0.3) is 17.1 Å². The molecular formula is C11H10N6. The summed E-state index contributed by atoms with van der Waals surface area (Å²) < 4.78 is 1.66. The van der Waals surface area contributed by atoms with Gasteiger partial charge < -0.3 is 5.73 Å². The summed E-state index contributed by atoms with van der Waals surface area (Å²) in [4.78, 5) is 4.05. The maximum Gasteiger partial charge on any atom is 0.160 e. The molecule has 0 saturated carbocycles. The van der Waals surface area contributed by atoms with Crippen molar-refractivity contribution in [2.45, 2.75) is 0 Å². The van der Waals surface area contributed by atoms with Gasteiger partial charge in [-0.1, -0.05) is 18.2 Å². The zero-order chi connectivity index (χ0) is 11.7. The Balaban J connectivity index is 2.10. The Morgan fingerprint density at radius 2 is 2.00 bits per heavy atom. The number of aromatic nitrogens is 5. The lowest BCUT2D eigenvalue weighted by molar-refractivity contribution is 0.891. The summed E-state index contributed by atoms with van der Waals surface area (Å²) in [5.74, 6) is 1.15. The normalized spacial score (nSPS) is 10.6. The number of nitrogen functional groups attached to an aromatic ring is 1. The van der Waals surface area contributed by atoms with E-state index in [-0.39, 0.29) is 0 Å². The molecule has 0 saturated heterocycles. The van der Waals surface area contributed by atoms with Crippen molar-refractivity contribution in [2.24, 2.45) is 0 Å².